The topological polar surface area (TPSA) is 34.1 Å². The van der Waals surface area contributed by atoms with Crippen molar-refractivity contribution < 1.29 is 4.74 Å². The molecule has 0 radical (unpaired) electrons. The monoisotopic (exact) mass is 326 g/mol. The SMILES string of the molecule is Cc1cccc(CCOCCCCCCNCc2ccccc2)n1. The van der Waals surface area contributed by atoms with Gasteiger partial charge in [-0.15, -0.1) is 0 Å². The van der Waals surface area contributed by atoms with Crippen LogP contribution in [0.4, 0.5) is 0 Å². The van der Waals surface area contributed by atoms with Crippen LogP contribution in [-0.4, -0.2) is 24.7 Å². The lowest BCUT2D eigenvalue weighted by Crippen LogP contribution is -2.14. The Morgan fingerprint density at radius 1 is 0.875 bits per heavy atom. The number of benzene rings is 1. The van der Waals surface area contributed by atoms with Crippen molar-refractivity contribution in [1.82, 2.24) is 10.3 Å². The van der Waals surface area contributed by atoms with Gasteiger partial charge < -0.3 is 10.1 Å². The summed E-state index contributed by atoms with van der Waals surface area (Å²) in [7, 11) is 0. The van der Waals surface area contributed by atoms with Gasteiger partial charge in [-0.1, -0.05) is 49.2 Å². The van der Waals surface area contributed by atoms with Crippen molar-refractivity contribution >= 4 is 0 Å². The fourth-order valence-electron chi connectivity index (χ4n) is 2.65. The Bertz CT molecular complexity index is 557. The van der Waals surface area contributed by atoms with Crippen LogP contribution >= 0.6 is 0 Å². The van der Waals surface area contributed by atoms with E-state index < -0.39 is 0 Å². The maximum atomic E-state index is 5.71. The molecule has 0 aliphatic heterocycles. The Morgan fingerprint density at radius 2 is 1.71 bits per heavy atom. The van der Waals surface area contributed by atoms with Gasteiger partial charge in [0.2, 0.25) is 0 Å². The zero-order valence-electron chi connectivity index (χ0n) is 14.8. The number of nitrogens with zero attached hydrogens (tertiary/aromatic N) is 1. The van der Waals surface area contributed by atoms with Crippen LogP contribution in [0.5, 0.6) is 0 Å². The molecule has 0 amide bonds. The van der Waals surface area contributed by atoms with Crippen molar-refractivity contribution in [2.45, 2.75) is 45.6 Å². The van der Waals surface area contributed by atoms with E-state index in [1.807, 2.05) is 13.0 Å². The van der Waals surface area contributed by atoms with Crippen molar-refractivity contribution in [3.05, 3.63) is 65.5 Å². The summed E-state index contributed by atoms with van der Waals surface area (Å²) in [5, 5.41) is 3.50. The van der Waals surface area contributed by atoms with E-state index in [1.54, 1.807) is 0 Å². The number of ether oxygens (including phenoxy) is 1. The minimum atomic E-state index is 0.773. The van der Waals surface area contributed by atoms with Crippen LogP contribution in [0.1, 0.15) is 42.6 Å². The Kier molecular flexibility index (Phi) is 9.13. The Morgan fingerprint density at radius 3 is 2.54 bits per heavy atom. The van der Waals surface area contributed by atoms with Crippen LogP contribution < -0.4 is 5.32 Å². The Balaban J connectivity index is 1.37. The lowest BCUT2D eigenvalue weighted by Gasteiger charge is -2.06. The van der Waals surface area contributed by atoms with Crippen molar-refractivity contribution in [2.75, 3.05) is 19.8 Å². The van der Waals surface area contributed by atoms with E-state index in [-0.39, 0.29) is 0 Å². The quantitative estimate of drug-likeness (QED) is 0.591. The van der Waals surface area contributed by atoms with E-state index in [0.717, 1.165) is 50.5 Å². The van der Waals surface area contributed by atoms with Crippen LogP contribution in [0.25, 0.3) is 0 Å². The number of pyridine rings is 1. The third-order valence-electron chi connectivity index (χ3n) is 4.01. The summed E-state index contributed by atoms with van der Waals surface area (Å²) in [6.07, 6.45) is 5.81. The molecule has 0 saturated heterocycles. The second-order valence-corrected chi connectivity index (χ2v) is 6.21. The first-order valence-corrected chi connectivity index (χ1v) is 9.09. The van der Waals surface area contributed by atoms with Gasteiger partial charge in [-0.05, 0) is 44.0 Å². The molecule has 0 saturated carbocycles. The predicted molar refractivity (Wildman–Crippen MR) is 100 cm³/mol. The van der Waals surface area contributed by atoms with Gasteiger partial charge >= 0.3 is 0 Å². The molecule has 0 fully saturated rings. The highest BCUT2D eigenvalue weighted by Gasteiger charge is 1.96. The molecule has 0 atom stereocenters. The first kappa shape index (κ1) is 18.6. The third-order valence-corrected chi connectivity index (χ3v) is 4.01. The summed E-state index contributed by atoms with van der Waals surface area (Å²) in [6, 6.07) is 16.7. The average molecular weight is 326 g/mol. The van der Waals surface area contributed by atoms with E-state index in [9.17, 15) is 0 Å². The molecule has 3 nitrogen and oxygen atoms in total. The maximum Gasteiger partial charge on any atom is 0.0521 e. The smallest absolute Gasteiger partial charge is 0.0521 e. The average Bonchev–Trinajstić information content (AvgIpc) is 2.60. The molecular formula is C21H30N2O. The number of aromatic nitrogens is 1. The number of nitrogens with one attached hydrogen (secondary N) is 1. The highest BCUT2D eigenvalue weighted by Crippen LogP contribution is 2.03. The van der Waals surface area contributed by atoms with Crippen LogP contribution in [0.3, 0.4) is 0 Å². The molecule has 130 valence electrons. The van der Waals surface area contributed by atoms with Crippen LogP contribution in [-0.2, 0) is 17.7 Å². The molecular weight excluding hydrogens is 296 g/mol. The second kappa shape index (κ2) is 11.8. The lowest BCUT2D eigenvalue weighted by atomic mass is 10.2. The molecule has 0 aliphatic rings. The van der Waals surface area contributed by atoms with E-state index in [0.29, 0.717) is 0 Å². The highest BCUT2D eigenvalue weighted by molar-refractivity contribution is 5.14. The summed E-state index contributed by atoms with van der Waals surface area (Å²) in [4.78, 5) is 4.48. The summed E-state index contributed by atoms with van der Waals surface area (Å²) in [5.74, 6) is 0. The largest absolute Gasteiger partial charge is 0.381 e. The van der Waals surface area contributed by atoms with E-state index in [1.165, 1.54) is 24.8 Å². The number of unbranched alkanes of at least 4 members (excludes halogenated alkanes) is 3. The number of aryl methyl sites for hydroxylation is 1. The van der Waals surface area contributed by atoms with E-state index in [2.05, 4.69) is 52.8 Å². The maximum absolute atomic E-state index is 5.71. The Labute approximate surface area is 146 Å². The zero-order chi connectivity index (χ0) is 16.9. The number of hydrogen-bond acceptors (Lipinski definition) is 3. The summed E-state index contributed by atoms with van der Waals surface area (Å²) in [6.45, 7) is 5.73. The number of rotatable bonds is 12. The lowest BCUT2D eigenvalue weighted by molar-refractivity contribution is 0.132. The molecule has 0 unspecified atom stereocenters. The van der Waals surface area contributed by atoms with Crippen molar-refractivity contribution in [3.63, 3.8) is 0 Å². The molecule has 0 bridgehead atoms. The van der Waals surface area contributed by atoms with Gasteiger partial charge in [-0.25, -0.2) is 0 Å². The van der Waals surface area contributed by atoms with Gasteiger partial charge in [0, 0.05) is 31.0 Å². The Hall–Kier alpha value is -1.71. The van der Waals surface area contributed by atoms with Crippen molar-refractivity contribution in [1.29, 1.82) is 0 Å². The molecule has 1 aromatic heterocycles. The van der Waals surface area contributed by atoms with Crippen molar-refractivity contribution in [2.24, 2.45) is 0 Å². The van der Waals surface area contributed by atoms with Gasteiger partial charge in [0.1, 0.15) is 0 Å². The minimum Gasteiger partial charge on any atom is -0.381 e. The summed E-state index contributed by atoms with van der Waals surface area (Å²) < 4.78 is 5.71. The van der Waals surface area contributed by atoms with E-state index >= 15 is 0 Å². The standard InChI is InChI=1S/C21H30N2O/c1-19-10-9-13-21(23-19)14-17-24-16-8-3-2-7-15-22-18-20-11-5-4-6-12-20/h4-6,9-13,22H,2-3,7-8,14-18H2,1H3. The predicted octanol–water partition coefficient (Wildman–Crippen LogP) is 4.30. The normalized spacial score (nSPS) is 10.9. The molecule has 1 heterocycles. The molecule has 0 spiro atoms. The van der Waals surface area contributed by atoms with E-state index in [4.69, 9.17) is 4.74 Å². The fraction of sp³-hybridized carbons (Fsp3) is 0.476. The minimum absolute atomic E-state index is 0.773. The summed E-state index contributed by atoms with van der Waals surface area (Å²) in [5.41, 5.74) is 3.56. The van der Waals surface area contributed by atoms with Crippen LogP contribution in [0.2, 0.25) is 0 Å². The molecule has 2 aromatic rings. The molecule has 1 aromatic carbocycles. The van der Waals surface area contributed by atoms with Gasteiger partial charge in [0.25, 0.3) is 0 Å². The fourth-order valence-corrected chi connectivity index (χ4v) is 2.65. The molecule has 2 rings (SSSR count). The molecule has 1 N–H and O–H groups in total. The molecule has 0 aliphatic carbocycles. The molecule has 24 heavy (non-hydrogen) atoms. The zero-order valence-corrected chi connectivity index (χ0v) is 14.8. The van der Waals surface area contributed by atoms with Gasteiger partial charge in [0.15, 0.2) is 0 Å². The van der Waals surface area contributed by atoms with Crippen LogP contribution in [0.15, 0.2) is 48.5 Å². The van der Waals surface area contributed by atoms with Gasteiger partial charge in [-0.2, -0.15) is 0 Å². The molecule has 3 heteroatoms. The summed E-state index contributed by atoms with van der Waals surface area (Å²) >= 11 is 0. The van der Waals surface area contributed by atoms with Crippen LogP contribution in [0, 0.1) is 6.92 Å². The number of hydrogen-bond donors (Lipinski definition) is 1. The van der Waals surface area contributed by atoms with Gasteiger partial charge in [-0.3, -0.25) is 4.98 Å². The highest BCUT2D eigenvalue weighted by atomic mass is 16.5. The first-order chi connectivity index (χ1) is 11.8. The third kappa shape index (κ3) is 8.23. The van der Waals surface area contributed by atoms with Gasteiger partial charge in [0.05, 0.1) is 6.61 Å². The first-order valence-electron chi connectivity index (χ1n) is 9.09. The second-order valence-electron chi connectivity index (χ2n) is 6.21. The van der Waals surface area contributed by atoms with Crippen molar-refractivity contribution in [3.8, 4) is 0 Å².